The summed E-state index contributed by atoms with van der Waals surface area (Å²) >= 11 is 0. The number of likely N-dealkylation sites (tertiary alicyclic amines) is 1. The number of carbonyl (C=O) groups excluding carboxylic acids is 2. The van der Waals surface area contributed by atoms with Crippen LogP contribution >= 0.6 is 0 Å². The van der Waals surface area contributed by atoms with E-state index >= 15 is 0 Å². The van der Waals surface area contributed by atoms with Crippen LogP contribution in [0.4, 0.5) is 0 Å². The number of aliphatic carboxylic acids is 1. The molecule has 1 N–H and O–H groups in total. The highest BCUT2D eigenvalue weighted by molar-refractivity contribution is 5.95. The van der Waals surface area contributed by atoms with Crippen molar-refractivity contribution < 1.29 is 19.5 Å². The van der Waals surface area contributed by atoms with Gasteiger partial charge in [-0.1, -0.05) is 17.2 Å². The highest BCUT2D eigenvalue weighted by atomic mass is 16.4. The second kappa shape index (κ2) is 8.83. The standard InChI is InChI=1S/C20H28N2O4/c1-14-10-15(2)12-17(11-14)20(26)22-9-4-6-16(13-22)19(25)21(3)8-5-7-18(23)24/h10-12,16H,4-9,13H2,1-3H3,(H,23,24). The van der Waals surface area contributed by atoms with Crippen molar-refractivity contribution in [2.24, 2.45) is 5.92 Å². The number of piperidine rings is 1. The molecule has 0 aliphatic carbocycles. The molecule has 1 unspecified atom stereocenters. The maximum atomic E-state index is 12.8. The Labute approximate surface area is 154 Å². The van der Waals surface area contributed by atoms with E-state index in [1.165, 1.54) is 0 Å². The van der Waals surface area contributed by atoms with E-state index in [1.54, 1.807) is 16.8 Å². The van der Waals surface area contributed by atoms with E-state index in [0.717, 1.165) is 24.0 Å². The highest BCUT2D eigenvalue weighted by Crippen LogP contribution is 2.21. The minimum absolute atomic E-state index is 0.00619. The van der Waals surface area contributed by atoms with Gasteiger partial charge in [0.25, 0.3) is 5.91 Å². The first-order chi connectivity index (χ1) is 12.3. The number of benzene rings is 1. The van der Waals surface area contributed by atoms with Crippen LogP contribution in [-0.2, 0) is 9.59 Å². The van der Waals surface area contributed by atoms with Gasteiger partial charge in [-0.15, -0.1) is 0 Å². The molecule has 1 fully saturated rings. The van der Waals surface area contributed by atoms with Crippen LogP contribution in [0.25, 0.3) is 0 Å². The van der Waals surface area contributed by atoms with Crippen LogP contribution in [0.1, 0.15) is 47.2 Å². The van der Waals surface area contributed by atoms with Crippen LogP contribution in [0.15, 0.2) is 18.2 Å². The fourth-order valence-electron chi connectivity index (χ4n) is 3.53. The summed E-state index contributed by atoms with van der Waals surface area (Å²) in [7, 11) is 1.70. The summed E-state index contributed by atoms with van der Waals surface area (Å²) in [4.78, 5) is 39.4. The number of carboxylic acid groups (broad SMARTS) is 1. The number of carbonyl (C=O) groups is 3. The van der Waals surface area contributed by atoms with Gasteiger partial charge >= 0.3 is 5.97 Å². The van der Waals surface area contributed by atoms with Gasteiger partial charge < -0.3 is 14.9 Å². The third-order valence-electron chi connectivity index (χ3n) is 4.79. The molecular formula is C20H28N2O4. The summed E-state index contributed by atoms with van der Waals surface area (Å²) in [5.74, 6) is -1.10. The zero-order valence-corrected chi connectivity index (χ0v) is 15.8. The van der Waals surface area contributed by atoms with Crippen LogP contribution < -0.4 is 0 Å². The molecule has 142 valence electrons. The average Bonchev–Trinajstić information content (AvgIpc) is 2.59. The molecule has 1 aromatic carbocycles. The predicted octanol–water partition coefficient (Wildman–Crippen LogP) is 2.48. The van der Waals surface area contributed by atoms with Gasteiger partial charge in [-0.2, -0.15) is 0 Å². The molecule has 0 saturated carbocycles. The summed E-state index contributed by atoms with van der Waals surface area (Å²) in [5.41, 5.74) is 2.78. The monoisotopic (exact) mass is 360 g/mol. The minimum atomic E-state index is -0.853. The van der Waals surface area contributed by atoms with Crippen LogP contribution in [0.5, 0.6) is 0 Å². The lowest BCUT2D eigenvalue weighted by molar-refractivity contribution is -0.139. The first kappa shape index (κ1) is 19.9. The van der Waals surface area contributed by atoms with E-state index in [2.05, 4.69) is 0 Å². The molecule has 0 aromatic heterocycles. The molecule has 6 nitrogen and oxygen atoms in total. The summed E-state index contributed by atoms with van der Waals surface area (Å²) in [6.07, 6.45) is 2.06. The lowest BCUT2D eigenvalue weighted by atomic mass is 9.95. The Bertz CT molecular complexity index is 666. The predicted molar refractivity (Wildman–Crippen MR) is 99.1 cm³/mol. The van der Waals surface area contributed by atoms with Crippen molar-refractivity contribution in [3.05, 3.63) is 34.9 Å². The van der Waals surface area contributed by atoms with Crippen LogP contribution in [-0.4, -0.2) is 59.4 Å². The Morgan fingerprint density at radius 2 is 1.85 bits per heavy atom. The molecule has 0 bridgehead atoms. The third-order valence-corrected chi connectivity index (χ3v) is 4.79. The number of hydrogen-bond acceptors (Lipinski definition) is 3. The summed E-state index contributed by atoms with van der Waals surface area (Å²) in [6.45, 7) is 5.45. The van der Waals surface area contributed by atoms with E-state index in [4.69, 9.17) is 5.11 Å². The van der Waals surface area contributed by atoms with E-state index in [9.17, 15) is 14.4 Å². The van der Waals surface area contributed by atoms with Crippen LogP contribution in [0, 0.1) is 19.8 Å². The first-order valence-corrected chi connectivity index (χ1v) is 9.12. The fraction of sp³-hybridized carbons (Fsp3) is 0.550. The topological polar surface area (TPSA) is 77.9 Å². The normalized spacial score (nSPS) is 17.0. The van der Waals surface area contributed by atoms with Gasteiger partial charge in [-0.3, -0.25) is 14.4 Å². The van der Waals surface area contributed by atoms with E-state index in [1.807, 2.05) is 32.0 Å². The number of hydrogen-bond donors (Lipinski definition) is 1. The fourth-order valence-corrected chi connectivity index (χ4v) is 3.53. The second-order valence-corrected chi connectivity index (χ2v) is 7.22. The Balaban J connectivity index is 1.98. The number of amides is 2. The maximum absolute atomic E-state index is 12.8. The van der Waals surface area contributed by atoms with Gasteiger partial charge in [0.05, 0.1) is 5.92 Å². The molecule has 1 aliphatic heterocycles. The molecule has 2 amide bonds. The maximum Gasteiger partial charge on any atom is 0.303 e. The third kappa shape index (κ3) is 5.31. The molecule has 1 aromatic rings. The highest BCUT2D eigenvalue weighted by Gasteiger charge is 2.30. The van der Waals surface area contributed by atoms with Gasteiger partial charge in [-0.25, -0.2) is 0 Å². The first-order valence-electron chi connectivity index (χ1n) is 9.12. The minimum Gasteiger partial charge on any atom is -0.481 e. The average molecular weight is 360 g/mol. The molecule has 2 rings (SSSR count). The van der Waals surface area contributed by atoms with Crippen LogP contribution in [0.3, 0.4) is 0 Å². The molecule has 1 heterocycles. The Morgan fingerprint density at radius 3 is 2.46 bits per heavy atom. The number of aryl methyl sites for hydroxylation is 2. The largest absolute Gasteiger partial charge is 0.481 e. The number of carboxylic acids is 1. The van der Waals surface area contributed by atoms with Crippen molar-refractivity contribution >= 4 is 17.8 Å². The Hall–Kier alpha value is -2.37. The summed E-state index contributed by atoms with van der Waals surface area (Å²) < 4.78 is 0. The molecule has 6 heteroatoms. The lowest BCUT2D eigenvalue weighted by Gasteiger charge is -2.34. The van der Waals surface area contributed by atoms with Crippen molar-refractivity contribution in [2.45, 2.75) is 39.5 Å². The summed E-state index contributed by atoms with van der Waals surface area (Å²) in [6, 6.07) is 5.81. The molecule has 1 aliphatic rings. The lowest BCUT2D eigenvalue weighted by Crippen LogP contribution is -2.46. The van der Waals surface area contributed by atoms with E-state index < -0.39 is 5.97 Å². The molecule has 1 atom stereocenters. The van der Waals surface area contributed by atoms with Gasteiger partial charge in [0.1, 0.15) is 0 Å². The Morgan fingerprint density at radius 1 is 1.19 bits per heavy atom. The van der Waals surface area contributed by atoms with Crippen molar-refractivity contribution in [3.63, 3.8) is 0 Å². The quantitative estimate of drug-likeness (QED) is 0.845. The second-order valence-electron chi connectivity index (χ2n) is 7.22. The van der Waals surface area contributed by atoms with Crippen molar-refractivity contribution in [3.8, 4) is 0 Å². The van der Waals surface area contributed by atoms with Crippen LogP contribution in [0.2, 0.25) is 0 Å². The van der Waals surface area contributed by atoms with Crippen molar-refractivity contribution in [1.82, 2.24) is 9.80 Å². The number of nitrogens with zero attached hydrogens (tertiary/aromatic N) is 2. The summed E-state index contributed by atoms with van der Waals surface area (Å²) in [5, 5.41) is 8.71. The van der Waals surface area contributed by atoms with Crippen molar-refractivity contribution in [2.75, 3.05) is 26.7 Å². The van der Waals surface area contributed by atoms with Gasteiger partial charge in [0.15, 0.2) is 0 Å². The molecular weight excluding hydrogens is 332 g/mol. The number of rotatable bonds is 6. The smallest absolute Gasteiger partial charge is 0.303 e. The molecule has 0 spiro atoms. The molecule has 0 radical (unpaired) electrons. The SMILES string of the molecule is Cc1cc(C)cc(C(=O)N2CCCC(C(=O)N(C)CCCC(=O)O)C2)c1. The van der Waals surface area contributed by atoms with Crippen molar-refractivity contribution in [1.29, 1.82) is 0 Å². The van der Waals surface area contributed by atoms with Gasteiger partial charge in [0, 0.05) is 38.7 Å². The zero-order chi connectivity index (χ0) is 19.3. The van der Waals surface area contributed by atoms with Gasteiger partial charge in [-0.05, 0) is 45.2 Å². The van der Waals surface area contributed by atoms with E-state index in [-0.39, 0.29) is 24.2 Å². The zero-order valence-electron chi connectivity index (χ0n) is 15.8. The van der Waals surface area contributed by atoms with Gasteiger partial charge in [0.2, 0.25) is 5.91 Å². The molecule has 1 saturated heterocycles. The molecule has 26 heavy (non-hydrogen) atoms. The Kier molecular flexibility index (Phi) is 6.77. The van der Waals surface area contributed by atoms with E-state index in [0.29, 0.717) is 31.6 Å².